The number of anilines is 1. The van der Waals surface area contributed by atoms with Gasteiger partial charge in [-0.15, -0.1) is 0 Å². The van der Waals surface area contributed by atoms with Gasteiger partial charge in [-0.1, -0.05) is 18.2 Å². The zero-order chi connectivity index (χ0) is 24.9. The highest BCUT2D eigenvalue weighted by Crippen LogP contribution is 2.46. The third-order valence-electron chi connectivity index (χ3n) is 5.89. The predicted octanol–water partition coefficient (Wildman–Crippen LogP) is 4.52. The minimum atomic E-state index is -0.525. The van der Waals surface area contributed by atoms with Gasteiger partial charge in [0.15, 0.2) is 0 Å². The van der Waals surface area contributed by atoms with Crippen molar-refractivity contribution in [2.75, 3.05) is 25.5 Å². The van der Waals surface area contributed by atoms with Gasteiger partial charge >= 0.3 is 5.97 Å². The molecule has 10 heteroatoms. The summed E-state index contributed by atoms with van der Waals surface area (Å²) in [6.07, 6.45) is 2.58. The summed E-state index contributed by atoms with van der Waals surface area (Å²) in [6, 6.07) is 12.3. The van der Waals surface area contributed by atoms with E-state index < -0.39 is 16.8 Å². The Balaban J connectivity index is 1.70. The van der Waals surface area contributed by atoms with E-state index in [1.165, 1.54) is 23.7 Å². The van der Waals surface area contributed by atoms with E-state index in [4.69, 9.17) is 9.11 Å². The number of esters is 1. The second-order valence-corrected chi connectivity index (χ2v) is 9.12. The van der Waals surface area contributed by atoms with Gasteiger partial charge in [0, 0.05) is 60.7 Å². The van der Waals surface area contributed by atoms with Crippen LogP contribution in [0.3, 0.4) is 0 Å². The molecule has 0 amide bonds. The Morgan fingerprint density at radius 2 is 2.11 bits per heavy atom. The molecule has 0 fully saturated rings. The van der Waals surface area contributed by atoms with Crippen LogP contribution in [0.5, 0.6) is 0 Å². The van der Waals surface area contributed by atoms with Crippen LogP contribution in [0.1, 0.15) is 42.3 Å². The highest BCUT2D eigenvalue weighted by molar-refractivity contribution is 7.10. The molecule has 1 atom stereocenters. The van der Waals surface area contributed by atoms with Crippen LogP contribution in [0.4, 0.5) is 10.7 Å². The molecule has 1 N–H and O–H groups in total. The van der Waals surface area contributed by atoms with Gasteiger partial charge < -0.3 is 15.0 Å². The molecule has 1 aromatic carbocycles. The molecular formula is C25H27N5O4S. The number of non-ortho nitro benzene ring substituents is 1. The third-order valence-corrected chi connectivity index (χ3v) is 6.71. The van der Waals surface area contributed by atoms with Crippen LogP contribution in [0.2, 0.25) is 0 Å². The first-order chi connectivity index (χ1) is 16.9. The number of benzene rings is 1. The van der Waals surface area contributed by atoms with Gasteiger partial charge in [0.1, 0.15) is 5.00 Å². The van der Waals surface area contributed by atoms with Crippen LogP contribution in [-0.4, -0.2) is 45.3 Å². The number of fused-ring (bicyclic) bond motifs is 1. The molecule has 9 nitrogen and oxygen atoms in total. The minimum Gasteiger partial charge on any atom is -0.463 e. The van der Waals surface area contributed by atoms with Gasteiger partial charge in [-0.25, -0.2) is 4.79 Å². The summed E-state index contributed by atoms with van der Waals surface area (Å²) in [7, 11) is 2.01. The summed E-state index contributed by atoms with van der Waals surface area (Å²) >= 11 is 1.33. The molecule has 0 spiro atoms. The SMILES string of the molecule is CCOC(=O)C1=C(C)Nc2snc(CN(C)CCc3ccccn3)c2C1c1cccc([N+](=O)[O-])c1. The Bertz CT molecular complexity index is 1260. The number of nitro groups is 1. The molecule has 35 heavy (non-hydrogen) atoms. The number of aromatic nitrogens is 2. The van der Waals surface area contributed by atoms with Gasteiger partial charge in [-0.3, -0.25) is 15.1 Å². The van der Waals surface area contributed by atoms with Gasteiger partial charge in [-0.05, 0) is 50.1 Å². The van der Waals surface area contributed by atoms with E-state index in [9.17, 15) is 14.9 Å². The average Bonchev–Trinajstić information content (AvgIpc) is 3.24. The first kappa shape index (κ1) is 24.5. The number of hydrogen-bond acceptors (Lipinski definition) is 9. The fourth-order valence-corrected chi connectivity index (χ4v) is 5.14. The summed E-state index contributed by atoms with van der Waals surface area (Å²) in [6.45, 7) is 5.14. The molecule has 2 aromatic heterocycles. The fraction of sp³-hybridized carbons (Fsp3) is 0.320. The van der Waals surface area contributed by atoms with Crippen LogP contribution in [0.15, 0.2) is 59.9 Å². The maximum absolute atomic E-state index is 13.0. The van der Waals surface area contributed by atoms with Gasteiger partial charge in [0.2, 0.25) is 0 Å². The highest BCUT2D eigenvalue weighted by Gasteiger charge is 2.37. The lowest BCUT2D eigenvalue weighted by atomic mass is 9.81. The monoisotopic (exact) mass is 493 g/mol. The van der Waals surface area contributed by atoms with E-state index >= 15 is 0 Å². The number of allylic oxidation sites excluding steroid dienone is 1. The van der Waals surface area contributed by atoms with Crippen molar-refractivity contribution in [3.05, 3.63) is 92.6 Å². The smallest absolute Gasteiger partial charge is 0.336 e. The quantitative estimate of drug-likeness (QED) is 0.263. The second-order valence-electron chi connectivity index (χ2n) is 8.35. The fourth-order valence-electron chi connectivity index (χ4n) is 4.25. The van der Waals surface area contributed by atoms with Crippen LogP contribution in [-0.2, 0) is 22.5 Å². The maximum Gasteiger partial charge on any atom is 0.336 e. The van der Waals surface area contributed by atoms with Crippen molar-refractivity contribution >= 4 is 28.2 Å². The first-order valence-corrected chi connectivity index (χ1v) is 12.1. The van der Waals surface area contributed by atoms with Crippen LogP contribution < -0.4 is 5.32 Å². The van der Waals surface area contributed by atoms with Crippen molar-refractivity contribution in [3.8, 4) is 0 Å². The van der Waals surface area contributed by atoms with Crippen LogP contribution in [0.25, 0.3) is 0 Å². The lowest BCUT2D eigenvalue weighted by Gasteiger charge is -2.29. The molecule has 1 aliphatic rings. The summed E-state index contributed by atoms with van der Waals surface area (Å²) in [5.74, 6) is -0.969. The minimum absolute atomic E-state index is 0.0272. The number of hydrogen-bond donors (Lipinski definition) is 1. The Labute approximate surface area is 207 Å². The number of rotatable bonds is 9. The Hall–Kier alpha value is -3.63. The van der Waals surface area contributed by atoms with Crippen molar-refractivity contribution in [1.29, 1.82) is 0 Å². The highest BCUT2D eigenvalue weighted by atomic mass is 32.1. The van der Waals surface area contributed by atoms with E-state index in [1.807, 2.05) is 38.2 Å². The van der Waals surface area contributed by atoms with Gasteiger partial charge in [-0.2, -0.15) is 4.37 Å². The van der Waals surface area contributed by atoms with Crippen molar-refractivity contribution < 1.29 is 14.5 Å². The number of carbonyl (C=O) groups excluding carboxylic acids is 1. The van der Waals surface area contributed by atoms with Crippen molar-refractivity contribution in [1.82, 2.24) is 14.3 Å². The zero-order valence-corrected chi connectivity index (χ0v) is 20.7. The Morgan fingerprint density at radius 3 is 2.83 bits per heavy atom. The predicted molar refractivity (Wildman–Crippen MR) is 134 cm³/mol. The van der Waals surface area contributed by atoms with Crippen molar-refractivity contribution in [2.45, 2.75) is 32.7 Å². The Morgan fingerprint density at radius 1 is 1.29 bits per heavy atom. The zero-order valence-electron chi connectivity index (χ0n) is 19.9. The number of nitrogens with one attached hydrogen (secondary N) is 1. The van der Waals surface area contributed by atoms with E-state index in [-0.39, 0.29) is 12.3 Å². The van der Waals surface area contributed by atoms with E-state index in [1.54, 1.807) is 19.2 Å². The number of nitro benzene ring substituents is 1. The maximum atomic E-state index is 13.0. The van der Waals surface area contributed by atoms with Crippen molar-refractivity contribution in [3.63, 3.8) is 0 Å². The molecule has 0 saturated heterocycles. The number of pyridine rings is 1. The molecular weight excluding hydrogens is 466 g/mol. The number of ether oxygens (including phenoxy) is 1. The molecule has 0 radical (unpaired) electrons. The molecule has 182 valence electrons. The van der Waals surface area contributed by atoms with Crippen LogP contribution >= 0.6 is 11.5 Å². The number of likely N-dealkylation sites (N-methyl/N-ethyl adjacent to an activating group) is 1. The average molecular weight is 494 g/mol. The summed E-state index contributed by atoms with van der Waals surface area (Å²) in [5.41, 5.74) is 4.42. The standard InChI is InChI=1S/C25H27N5O4S/c1-4-34-25(31)21-16(2)27-24-23(22(21)17-8-7-10-19(14-17)30(32)33)20(28-35-24)15-29(3)13-11-18-9-5-6-12-26-18/h5-10,12,14,22,27H,4,11,13,15H2,1-3H3. The topological polar surface area (TPSA) is 110 Å². The largest absolute Gasteiger partial charge is 0.463 e. The van der Waals surface area contributed by atoms with Gasteiger partial charge in [0.25, 0.3) is 5.69 Å². The lowest BCUT2D eigenvalue weighted by molar-refractivity contribution is -0.384. The summed E-state index contributed by atoms with van der Waals surface area (Å²) in [5, 5.41) is 15.6. The van der Waals surface area contributed by atoms with E-state index in [0.717, 1.165) is 34.9 Å². The molecule has 1 aliphatic heterocycles. The first-order valence-electron chi connectivity index (χ1n) is 11.3. The molecule has 3 aromatic rings. The molecule has 1 unspecified atom stereocenters. The van der Waals surface area contributed by atoms with Crippen LogP contribution in [0, 0.1) is 10.1 Å². The van der Waals surface area contributed by atoms with E-state index in [0.29, 0.717) is 23.4 Å². The summed E-state index contributed by atoms with van der Waals surface area (Å²) in [4.78, 5) is 30.6. The molecule has 0 aliphatic carbocycles. The normalized spacial score (nSPS) is 15.0. The third kappa shape index (κ3) is 5.39. The second kappa shape index (κ2) is 10.7. The Kier molecular flexibility index (Phi) is 7.52. The number of carbonyl (C=O) groups is 1. The molecule has 3 heterocycles. The van der Waals surface area contributed by atoms with Crippen molar-refractivity contribution in [2.24, 2.45) is 0 Å². The molecule has 0 bridgehead atoms. The summed E-state index contributed by atoms with van der Waals surface area (Å²) < 4.78 is 10.1. The lowest BCUT2D eigenvalue weighted by Crippen LogP contribution is -2.26. The van der Waals surface area contributed by atoms with E-state index in [2.05, 4.69) is 15.2 Å². The molecule has 4 rings (SSSR count). The van der Waals surface area contributed by atoms with Gasteiger partial charge in [0.05, 0.1) is 22.8 Å². The number of nitrogens with zero attached hydrogens (tertiary/aromatic N) is 4. The molecule has 0 saturated carbocycles.